The van der Waals surface area contributed by atoms with Gasteiger partial charge in [0.15, 0.2) is 5.16 Å². The Hall–Kier alpha value is -2.28. The molecule has 2 aromatic heterocycles. The van der Waals surface area contributed by atoms with Gasteiger partial charge in [-0.1, -0.05) is 35.5 Å². The summed E-state index contributed by atoms with van der Waals surface area (Å²) in [7, 11) is 1.68. The van der Waals surface area contributed by atoms with E-state index < -0.39 is 0 Å². The average Bonchev–Trinajstić information content (AvgIpc) is 3.00. The summed E-state index contributed by atoms with van der Waals surface area (Å²) in [6.07, 6.45) is 0. The minimum Gasteiger partial charge on any atom is -0.423 e. The van der Waals surface area contributed by atoms with E-state index >= 15 is 0 Å². The van der Waals surface area contributed by atoms with Crippen LogP contribution in [0.1, 0.15) is 11.1 Å². The molecule has 0 atom stereocenters. The van der Waals surface area contributed by atoms with Gasteiger partial charge in [0.25, 0.3) is 0 Å². The number of ether oxygens (including phenoxy) is 1. The molecule has 7 heteroatoms. The van der Waals surface area contributed by atoms with Gasteiger partial charge >= 0.3 is 5.63 Å². The average molecular weight is 415 g/mol. The van der Waals surface area contributed by atoms with E-state index in [2.05, 4.69) is 4.57 Å². The molecular weight excluding hydrogens is 396 g/mol. The van der Waals surface area contributed by atoms with Crippen LogP contribution in [0.5, 0.6) is 0 Å². The Kier molecular flexibility index (Phi) is 5.44. The third-order valence-electron chi connectivity index (χ3n) is 4.54. The number of thioether (sulfide) groups is 1. The first-order valence-corrected chi connectivity index (χ1v) is 10.2. The van der Waals surface area contributed by atoms with Crippen molar-refractivity contribution in [2.75, 3.05) is 13.7 Å². The van der Waals surface area contributed by atoms with E-state index in [4.69, 9.17) is 25.7 Å². The molecule has 4 aromatic rings. The first-order valence-electron chi connectivity index (χ1n) is 8.86. The van der Waals surface area contributed by atoms with Crippen molar-refractivity contribution in [2.24, 2.45) is 0 Å². The summed E-state index contributed by atoms with van der Waals surface area (Å²) in [5.41, 5.74) is 4.12. The molecule has 0 saturated carbocycles. The standard InChI is InChI=1S/C21H19ClN2O3S/c1-13-3-5-16-14(10-20(25)27-19(16)9-13)12-28-21-23-17-11-15(22)4-6-18(17)24(21)7-8-26-2/h3-6,9-11H,7-8,12H2,1-2H3. The Morgan fingerprint density at radius 1 is 1.21 bits per heavy atom. The fourth-order valence-corrected chi connectivity index (χ4v) is 4.39. The van der Waals surface area contributed by atoms with Crippen LogP contribution in [0.25, 0.3) is 22.0 Å². The molecule has 0 aliphatic carbocycles. The fourth-order valence-electron chi connectivity index (χ4n) is 3.19. The number of halogens is 1. The molecule has 4 rings (SSSR count). The van der Waals surface area contributed by atoms with Gasteiger partial charge in [-0.2, -0.15) is 0 Å². The number of aromatic nitrogens is 2. The highest BCUT2D eigenvalue weighted by molar-refractivity contribution is 7.98. The number of imidazole rings is 1. The van der Waals surface area contributed by atoms with Crippen molar-refractivity contribution in [2.45, 2.75) is 24.4 Å². The van der Waals surface area contributed by atoms with Gasteiger partial charge in [-0.25, -0.2) is 9.78 Å². The molecule has 0 bridgehead atoms. The van der Waals surface area contributed by atoms with Gasteiger partial charge in [-0.3, -0.25) is 0 Å². The Morgan fingerprint density at radius 3 is 2.89 bits per heavy atom. The van der Waals surface area contributed by atoms with Crippen molar-refractivity contribution < 1.29 is 9.15 Å². The monoisotopic (exact) mass is 414 g/mol. The topological polar surface area (TPSA) is 57.3 Å². The second kappa shape index (κ2) is 7.99. The minimum absolute atomic E-state index is 0.339. The van der Waals surface area contributed by atoms with E-state index in [0.717, 1.165) is 32.7 Å². The van der Waals surface area contributed by atoms with Gasteiger partial charge in [0, 0.05) is 35.9 Å². The van der Waals surface area contributed by atoms with Gasteiger partial charge in [0.1, 0.15) is 5.58 Å². The van der Waals surface area contributed by atoms with Crippen LogP contribution in [0.2, 0.25) is 5.02 Å². The largest absolute Gasteiger partial charge is 0.423 e. The minimum atomic E-state index is -0.339. The summed E-state index contributed by atoms with van der Waals surface area (Å²) in [5.74, 6) is 0.606. The van der Waals surface area contributed by atoms with Crippen LogP contribution in [0.15, 0.2) is 56.8 Å². The molecule has 0 aliphatic heterocycles. The van der Waals surface area contributed by atoms with Crippen molar-refractivity contribution >= 4 is 45.4 Å². The normalized spacial score (nSPS) is 11.5. The van der Waals surface area contributed by atoms with Gasteiger partial charge in [-0.05, 0) is 42.3 Å². The third-order valence-corrected chi connectivity index (χ3v) is 5.80. The molecule has 2 aromatic carbocycles. The van der Waals surface area contributed by atoms with Crippen LogP contribution in [0.3, 0.4) is 0 Å². The van der Waals surface area contributed by atoms with E-state index in [1.54, 1.807) is 24.9 Å². The maximum absolute atomic E-state index is 12.0. The van der Waals surface area contributed by atoms with Gasteiger partial charge in [0.05, 0.1) is 17.6 Å². The van der Waals surface area contributed by atoms with Crippen LogP contribution in [0, 0.1) is 6.92 Å². The zero-order chi connectivity index (χ0) is 19.7. The van der Waals surface area contributed by atoms with E-state index in [1.807, 2.05) is 43.3 Å². The number of benzene rings is 2. The van der Waals surface area contributed by atoms with Crippen LogP contribution in [0.4, 0.5) is 0 Å². The van der Waals surface area contributed by atoms with E-state index in [-0.39, 0.29) is 5.63 Å². The van der Waals surface area contributed by atoms with E-state index in [0.29, 0.717) is 29.5 Å². The molecule has 0 saturated heterocycles. The zero-order valence-corrected chi connectivity index (χ0v) is 17.1. The van der Waals surface area contributed by atoms with Crippen molar-refractivity contribution in [3.05, 3.63) is 69.0 Å². The molecule has 0 N–H and O–H groups in total. The maximum Gasteiger partial charge on any atom is 0.336 e. The van der Waals surface area contributed by atoms with Crippen LogP contribution in [-0.2, 0) is 17.0 Å². The molecule has 5 nitrogen and oxygen atoms in total. The number of fused-ring (bicyclic) bond motifs is 2. The van der Waals surface area contributed by atoms with Gasteiger partial charge in [0.2, 0.25) is 0 Å². The molecule has 0 amide bonds. The fraction of sp³-hybridized carbons (Fsp3) is 0.238. The Balaban J connectivity index is 1.71. The molecule has 0 fully saturated rings. The number of nitrogens with zero attached hydrogens (tertiary/aromatic N) is 2. The lowest BCUT2D eigenvalue weighted by Crippen LogP contribution is -2.06. The predicted octanol–water partition coefficient (Wildman–Crippen LogP) is 5.04. The summed E-state index contributed by atoms with van der Waals surface area (Å²) in [6, 6.07) is 13.2. The summed E-state index contributed by atoms with van der Waals surface area (Å²) in [5, 5.41) is 2.46. The van der Waals surface area contributed by atoms with Crippen molar-refractivity contribution in [1.29, 1.82) is 0 Å². The number of hydrogen-bond acceptors (Lipinski definition) is 5. The smallest absolute Gasteiger partial charge is 0.336 e. The second-order valence-corrected chi connectivity index (χ2v) is 7.93. The highest BCUT2D eigenvalue weighted by atomic mass is 35.5. The maximum atomic E-state index is 12.0. The number of aryl methyl sites for hydroxylation is 1. The summed E-state index contributed by atoms with van der Waals surface area (Å²) in [6.45, 7) is 3.25. The van der Waals surface area contributed by atoms with E-state index in [1.165, 1.54) is 0 Å². The SMILES string of the molecule is COCCn1c(SCc2cc(=O)oc3cc(C)ccc23)nc2cc(Cl)ccc21. The predicted molar refractivity (Wildman–Crippen MR) is 113 cm³/mol. The summed E-state index contributed by atoms with van der Waals surface area (Å²) in [4.78, 5) is 16.7. The lowest BCUT2D eigenvalue weighted by Gasteiger charge is -2.09. The lowest BCUT2D eigenvalue weighted by atomic mass is 10.1. The Bertz CT molecular complexity index is 1220. The highest BCUT2D eigenvalue weighted by Crippen LogP contribution is 2.30. The van der Waals surface area contributed by atoms with Crippen molar-refractivity contribution in [1.82, 2.24) is 9.55 Å². The summed E-state index contributed by atoms with van der Waals surface area (Å²) >= 11 is 7.71. The van der Waals surface area contributed by atoms with Crippen LogP contribution in [-0.4, -0.2) is 23.3 Å². The molecule has 2 heterocycles. The van der Waals surface area contributed by atoms with E-state index in [9.17, 15) is 4.79 Å². The molecule has 144 valence electrons. The quantitative estimate of drug-likeness (QED) is 0.326. The van der Waals surface area contributed by atoms with Gasteiger partial charge < -0.3 is 13.7 Å². The first-order chi connectivity index (χ1) is 13.5. The third kappa shape index (κ3) is 3.81. The Labute approximate surface area is 171 Å². The molecule has 0 aliphatic rings. The number of methoxy groups -OCH3 is 1. The second-order valence-electron chi connectivity index (χ2n) is 6.55. The highest BCUT2D eigenvalue weighted by Gasteiger charge is 2.13. The molecule has 0 spiro atoms. The summed E-state index contributed by atoms with van der Waals surface area (Å²) < 4.78 is 12.7. The van der Waals surface area contributed by atoms with Gasteiger partial charge in [-0.15, -0.1) is 0 Å². The lowest BCUT2D eigenvalue weighted by molar-refractivity contribution is 0.186. The molecular formula is C21H19ClN2O3S. The number of hydrogen-bond donors (Lipinski definition) is 0. The Morgan fingerprint density at radius 2 is 2.07 bits per heavy atom. The zero-order valence-electron chi connectivity index (χ0n) is 15.6. The molecule has 28 heavy (non-hydrogen) atoms. The number of rotatable bonds is 6. The van der Waals surface area contributed by atoms with Crippen molar-refractivity contribution in [3.63, 3.8) is 0 Å². The first kappa shape index (κ1) is 19.1. The van der Waals surface area contributed by atoms with Crippen molar-refractivity contribution in [3.8, 4) is 0 Å². The molecule has 0 unspecified atom stereocenters. The van der Waals surface area contributed by atoms with Crippen LogP contribution >= 0.6 is 23.4 Å². The van der Waals surface area contributed by atoms with Crippen LogP contribution < -0.4 is 5.63 Å². The molecule has 0 radical (unpaired) electrons.